The number of unbranched alkanes of at least 4 members (excludes halogenated alkanes) is 6. The van der Waals surface area contributed by atoms with Crippen molar-refractivity contribution >= 4 is 62.1 Å². The van der Waals surface area contributed by atoms with Gasteiger partial charge in [0.15, 0.2) is 0 Å². The van der Waals surface area contributed by atoms with E-state index < -0.39 is 17.4 Å². The second kappa shape index (κ2) is 20.2. The molecule has 0 spiro atoms. The van der Waals surface area contributed by atoms with Crippen LogP contribution >= 0.6 is 0 Å². The van der Waals surface area contributed by atoms with Crippen molar-refractivity contribution in [1.29, 1.82) is 0 Å². The van der Waals surface area contributed by atoms with Crippen LogP contribution < -0.4 is 0 Å². The number of hydrogen-bond acceptors (Lipinski definition) is 0. The van der Waals surface area contributed by atoms with Gasteiger partial charge in [0.1, 0.15) is 0 Å². The summed E-state index contributed by atoms with van der Waals surface area (Å²) in [5.41, 5.74) is 20.5. The van der Waals surface area contributed by atoms with Gasteiger partial charge in [0.05, 0.1) is 0 Å². The number of allylic oxidation sites excluding steroid dienone is 2. The molecule has 2 unspecified atom stereocenters. The maximum absolute atomic E-state index is 4.47. The minimum atomic E-state index is -4.47. The van der Waals surface area contributed by atoms with E-state index in [0.717, 1.165) is 12.8 Å². The summed E-state index contributed by atoms with van der Waals surface area (Å²) in [7, 11) is 0. The first-order chi connectivity index (χ1) is 36.2. The SMILES string of the molecule is CCCCCCC1=Cc2c(-c3cccc4ccccc34)ccc(-c3cccc4ccccc34)c2[CH]1[Zr]([CH3])([CH3])(=[SiH2])[CH]1C(CCCCCC)=Cc2c(-c3cccc4ccccc34)ccc(-c3cccc4ccccc34)c21. The summed E-state index contributed by atoms with van der Waals surface area (Å²) in [6.07, 6.45) is 17.8. The van der Waals surface area contributed by atoms with Gasteiger partial charge >= 0.3 is 446 Å². The van der Waals surface area contributed by atoms with Crippen molar-refractivity contribution in [3.8, 4) is 44.5 Å². The van der Waals surface area contributed by atoms with E-state index in [0.29, 0.717) is 7.25 Å². The van der Waals surface area contributed by atoms with Crippen LogP contribution in [0.1, 0.15) is 108 Å². The Kier molecular flexibility index (Phi) is 13.3. The number of fused-ring (bicyclic) bond motifs is 6. The van der Waals surface area contributed by atoms with Gasteiger partial charge in [-0.05, 0) is 0 Å². The van der Waals surface area contributed by atoms with Crippen LogP contribution in [0.25, 0.3) is 99.7 Å². The number of benzene rings is 10. The van der Waals surface area contributed by atoms with Crippen LogP contribution in [0.5, 0.6) is 0 Å². The maximum atomic E-state index is 2.92. The molecule has 10 aromatic rings. The van der Waals surface area contributed by atoms with E-state index in [2.05, 4.69) is 236 Å². The van der Waals surface area contributed by atoms with Crippen molar-refractivity contribution < 1.29 is 17.4 Å². The molecular weight excluding hydrogens is 984 g/mol. The van der Waals surface area contributed by atoms with Crippen LogP contribution in [0, 0.1) is 0 Å². The Morgan fingerprint density at radius 1 is 0.324 bits per heavy atom. The minimum absolute atomic E-state index is 0.326. The first kappa shape index (κ1) is 48.7. The van der Waals surface area contributed by atoms with Crippen molar-refractivity contribution in [2.45, 2.75) is 94.6 Å². The zero-order chi connectivity index (χ0) is 50.4. The van der Waals surface area contributed by atoms with Gasteiger partial charge in [-0.1, -0.05) is 0 Å². The Morgan fingerprint density at radius 3 is 0.959 bits per heavy atom. The zero-order valence-corrected chi connectivity index (χ0v) is 47.9. The topological polar surface area (TPSA) is 0 Å². The van der Waals surface area contributed by atoms with Crippen molar-refractivity contribution in [2.75, 3.05) is 0 Å². The molecule has 0 fully saturated rings. The van der Waals surface area contributed by atoms with Crippen LogP contribution in [0.15, 0.2) is 205 Å². The van der Waals surface area contributed by atoms with Crippen molar-refractivity contribution in [2.24, 2.45) is 0 Å². The molecule has 0 amide bonds. The van der Waals surface area contributed by atoms with Gasteiger partial charge in [0, 0.05) is 0 Å². The quantitative estimate of drug-likeness (QED) is 0.0668. The van der Waals surface area contributed by atoms with Crippen molar-refractivity contribution in [3.05, 3.63) is 228 Å². The fourth-order valence-corrected chi connectivity index (χ4v) is 33.8. The molecular formula is C72H70SiZr. The molecule has 0 N–H and O–H groups in total. The van der Waals surface area contributed by atoms with Crippen LogP contribution in [0.3, 0.4) is 0 Å². The summed E-state index contributed by atoms with van der Waals surface area (Å²) < 4.78 is 6.50. The second-order valence-electron chi connectivity index (χ2n) is 22.9. The summed E-state index contributed by atoms with van der Waals surface area (Å²) in [6.45, 7) is 7.27. The molecule has 2 heteroatoms. The van der Waals surface area contributed by atoms with E-state index in [9.17, 15) is 0 Å². The zero-order valence-electron chi connectivity index (χ0n) is 44.1. The molecule has 0 aromatic heterocycles. The molecule has 0 bridgehead atoms. The third kappa shape index (κ3) is 8.55. The number of rotatable bonds is 16. The van der Waals surface area contributed by atoms with Gasteiger partial charge in [0.25, 0.3) is 0 Å². The van der Waals surface area contributed by atoms with Gasteiger partial charge in [-0.15, -0.1) is 0 Å². The molecule has 0 saturated carbocycles. The van der Waals surface area contributed by atoms with Gasteiger partial charge < -0.3 is 0 Å². The standard InChI is InChI=1S/2C35H31.2CH3.H2Si.Zr/c2*1-2-3-4-5-12-25-23-34-32(30-19-10-15-26-13-6-8-17-28(26)30)21-22-33(35(34)24-25)31-20-11-16-27-14-7-9-18-29(27)31;;;;/h2*6-11,13-24H,2-5,12H2,1H3;2*1H3;1H2;. The summed E-state index contributed by atoms with van der Waals surface area (Å²) in [6, 6.07) is 74.4. The van der Waals surface area contributed by atoms with Gasteiger partial charge in [-0.3, -0.25) is 0 Å². The molecule has 0 heterocycles. The Hall–Kier alpha value is -6.18. The molecule has 2 aliphatic carbocycles. The molecule has 2 atom stereocenters. The Bertz CT molecular complexity index is 3660. The molecule has 0 radical (unpaired) electrons. The van der Waals surface area contributed by atoms with Crippen molar-refractivity contribution in [3.63, 3.8) is 0 Å². The molecule has 2 aliphatic rings. The van der Waals surface area contributed by atoms with E-state index in [-0.39, 0.29) is 0 Å². The normalized spacial score (nSPS) is 15.5. The Morgan fingerprint density at radius 2 is 0.622 bits per heavy atom. The van der Waals surface area contributed by atoms with Crippen LogP contribution in [-0.4, -0.2) is 6.88 Å². The van der Waals surface area contributed by atoms with Crippen LogP contribution in [0.2, 0.25) is 9.26 Å². The van der Waals surface area contributed by atoms with Gasteiger partial charge in [-0.2, -0.15) is 0 Å². The molecule has 0 aliphatic heterocycles. The average molecular weight is 1050 g/mol. The Labute approximate surface area is 442 Å². The van der Waals surface area contributed by atoms with Crippen LogP contribution in [-0.2, 0) is 17.4 Å². The fraction of sp³-hybridized carbons (Fsp3) is 0.222. The molecule has 0 saturated heterocycles. The summed E-state index contributed by atoms with van der Waals surface area (Å²) in [5, 5.41) is 10.5. The third-order valence-corrected chi connectivity index (χ3v) is 34.8. The second-order valence-corrected chi connectivity index (χ2v) is 53.4. The van der Waals surface area contributed by atoms with Crippen LogP contribution in [0.4, 0.5) is 0 Å². The van der Waals surface area contributed by atoms with E-state index in [1.54, 1.807) is 22.3 Å². The van der Waals surface area contributed by atoms with E-state index in [1.165, 1.54) is 150 Å². The molecule has 74 heavy (non-hydrogen) atoms. The fourth-order valence-electron chi connectivity index (χ4n) is 14.2. The van der Waals surface area contributed by atoms with E-state index in [1.807, 2.05) is 0 Å². The van der Waals surface area contributed by atoms with Crippen molar-refractivity contribution in [1.82, 2.24) is 0 Å². The molecule has 12 rings (SSSR count). The van der Waals surface area contributed by atoms with E-state index in [4.69, 9.17) is 0 Å². The first-order valence-corrected chi connectivity index (χ1v) is 41.6. The predicted molar refractivity (Wildman–Crippen MR) is 324 cm³/mol. The first-order valence-electron chi connectivity index (χ1n) is 28.0. The van der Waals surface area contributed by atoms with E-state index >= 15 is 0 Å². The number of hydrogen-bond donors (Lipinski definition) is 0. The molecule has 10 aromatic carbocycles. The van der Waals surface area contributed by atoms with Gasteiger partial charge in [-0.25, -0.2) is 0 Å². The average Bonchev–Trinajstić information content (AvgIpc) is 4.06. The monoisotopic (exact) mass is 1050 g/mol. The van der Waals surface area contributed by atoms with Gasteiger partial charge in [0.2, 0.25) is 0 Å². The predicted octanol–water partition coefficient (Wildman–Crippen LogP) is 20.8. The third-order valence-electron chi connectivity index (χ3n) is 17.4. The Balaban J connectivity index is 1.17. The molecule has 366 valence electrons. The summed E-state index contributed by atoms with van der Waals surface area (Å²) >= 11 is -4.47. The summed E-state index contributed by atoms with van der Waals surface area (Å²) in [5.74, 6) is 0. The summed E-state index contributed by atoms with van der Waals surface area (Å²) in [4.78, 5) is 0. The molecule has 0 nitrogen and oxygen atoms in total.